The molecule has 4 rings (SSSR count). The van der Waals surface area contributed by atoms with E-state index in [1.54, 1.807) is 6.07 Å². The van der Waals surface area contributed by atoms with E-state index >= 15 is 0 Å². The topological polar surface area (TPSA) is 89.6 Å². The van der Waals surface area contributed by atoms with Crippen molar-refractivity contribution in [2.75, 3.05) is 44.7 Å². The maximum absolute atomic E-state index is 12.8. The number of ketones is 1. The second kappa shape index (κ2) is 8.48. The summed E-state index contributed by atoms with van der Waals surface area (Å²) >= 11 is 0. The first-order valence-corrected chi connectivity index (χ1v) is 11.0. The summed E-state index contributed by atoms with van der Waals surface area (Å²) in [6, 6.07) is 5.64. The Morgan fingerprint density at radius 1 is 1.23 bits per heavy atom. The molecule has 2 heterocycles. The number of nitrogens with two attached hydrogens (primary N) is 1. The standard InChI is InChI=1S/C24H32N4O3/c1-16-15-28(20-13-24(2,3)14-21(29)22(16)20)17-4-5-18(23(25)30)19(12-17)26-6-7-27-8-10-31-11-9-27/h4-5,12,15,26H,6-11,13-14H2,1-3H3,(H2,25,30). The average molecular weight is 425 g/mol. The van der Waals surface area contributed by atoms with Gasteiger partial charge >= 0.3 is 0 Å². The first-order valence-electron chi connectivity index (χ1n) is 11.0. The number of Topliss-reactive ketones (excluding diaryl/α,β-unsaturated/α-hetero) is 1. The van der Waals surface area contributed by atoms with Crippen LogP contribution in [0.5, 0.6) is 0 Å². The van der Waals surface area contributed by atoms with Gasteiger partial charge in [-0.3, -0.25) is 14.5 Å². The van der Waals surface area contributed by atoms with E-state index in [0.29, 0.717) is 18.5 Å². The van der Waals surface area contributed by atoms with E-state index in [0.717, 1.165) is 67.5 Å². The van der Waals surface area contributed by atoms with Crippen LogP contribution in [0.15, 0.2) is 24.4 Å². The molecule has 1 aliphatic heterocycles. The molecular formula is C24H32N4O3. The Kier molecular flexibility index (Phi) is 5.90. The Balaban J connectivity index is 1.63. The van der Waals surface area contributed by atoms with E-state index in [1.807, 2.05) is 25.3 Å². The number of nitrogens with zero attached hydrogens (tertiary/aromatic N) is 2. The number of carbonyl (C=O) groups excluding carboxylic acids is 2. The highest BCUT2D eigenvalue weighted by atomic mass is 16.5. The molecule has 7 heteroatoms. The predicted molar refractivity (Wildman–Crippen MR) is 121 cm³/mol. The SMILES string of the molecule is Cc1cn(-c2ccc(C(N)=O)c(NCCN3CCOCC3)c2)c2c1C(=O)CC(C)(C)C2. The van der Waals surface area contributed by atoms with Crippen molar-refractivity contribution in [2.24, 2.45) is 11.1 Å². The van der Waals surface area contributed by atoms with Crippen LogP contribution in [0, 0.1) is 12.3 Å². The van der Waals surface area contributed by atoms with Crippen molar-refractivity contribution in [3.8, 4) is 5.69 Å². The number of rotatable bonds is 6. The number of aromatic nitrogens is 1. The van der Waals surface area contributed by atoms with Crippen molar-refractivity contribution in [2.45, 2.75) is 33.6 Å². The van der Waals surface area contributed by atoms with Gasteiger partial charge in [-0.05, 0) is 42.5 Å². The first kappa shape index (κ1) is 21.6. The third-order valence-corrected chi connectivity index (χ3v) is 6.25. The van der Waals surface area contributed by atoms with Gasteiger partial charge in [0.05, 0.1) is 18.8 Å². The normalized spacial score (nSPS) is 18.6. The van der Waals surface area contributed by atoms with Crippen LogP contribution in [0.2, 0.25) is 0 Å². The Bertz CT molecular complexity index is 1000. The maximum Gasteiger partial charge on any atom is 0.250 e. The molecule has 2 aromatic rings. The minimum atomic E-state index is -0.456. The molecule has 0 spiro atoms. The number of benzene rings is 1. The molecule has 1 aromatic carbocycles. The highest BCUT2D eigenvalue weighted by molar-refractivity contribution is 6.01. The highest BCUT2D eigenvalue weighted by Gasteiger charge is 2.34. The molecule has 0 atom stereocenters. The van der Waals surface area contributed by atoms with Gasteiger partial charge in [-0.2, -0.15) is 0 Å². The number of anilines is 1. The second-order valence-electron chi connectivity index (χ2n) is 9.42. The van der Waals surface area contributed by atoms with E-state index < -0.39 is 5.91 Å². The quantitative estimate of drug-likeness (QED) is 0.744. The Morgan fingerprint density at radius 2 is 1.97 bits per heavy atom. The van der Waals surface area contributed by atoms with Gasteiger partial charge in [0, 0.05) is 61.4 Å². The lowest BCUT2D eigenvalue weighted by atomic mass is 9.75. The van der Waals surface area contributed by atoms with Crippen LogP contribution in [-0.2, 0) is 11.2 Å². The summed E-state index contributed by atoms with van der Waals surface area (Å²) in [7, 11) is 0. The number of aryl methyl sites for hydroxylation is 1. The van der Waals surface area contributed by atoms with Crippen LogP contribution in [-0.4, -0.2) is 60.6 Å². The molecule has 1 aliphatic carbocycles. The number of ether oxygens (including phenoxy) is 1. The van der Waals surface area contributed by atoms with Crippen LogP contribution in [0.4, 0.5) is 5.69 Å². The Labute approximate surface area is 183 Å². The molecule has 1 amide bonds. The lowest BCUT2D eigenvalue weighted by molar-refractivity contribution is 0.0398. The van der Waals surface area contributed by atoms with Crippen molar-refractivity contribution in [3.05, 3.63) is 46.8 Å². The van der Waals surface area contributed by atoms with E-state index in [4.69, 9.17) is 10.5 Å². The molecule has 2 aliphatic rings. The summed E-state index contributed by atoms with van der Waals surface area (Å²) in [6.45, 7) is 11.2. The molecular weight excluding hydrogens is 392 g/mol. The van der Waals surface area contributed by atoms with Gasteiger partial charge in [-0.15, -0.1) is 0 Å². The Morgan fingerprint density at radius 3 is 2.68 bits per heavy atom. The van der Waals surface area contributed by atoms with Crippen LogP contribution in [0.3, 0.4) is 0 Å². The van der Waals surface area contributed by atoms with Crippen LogP contribution in [0.1, 0.15) is 52.2 Å². The van der Waals surface area contributed by atoms with E-state index in [-0.39, 0.29) is 11.2 Å². The lowest BCUT2D eigenvalue weighted by Gasteiger charge is -2.30. The smallest absolute Gasteiger partial charge is 0.250 e. The summed E-state index contributed by atoms with van der Waals surface area (Å²) in [5, 5.41) is 3.40. The van der Waals surface area contributed by atoms with Gasteiger partial charge in [0.1, 0.15) is 0 Å². The number of amides is 1. The molecule has 0 saturated carbocycles. The minimum Gasteiger partial charge on any atom is -0.383 e. The van der Waals surface area contributed by atoms with Crippen molar-refractivity contribution in [1.29, 1.82) is 0 Å². The number of nitrogens with one attached hydrogen (secondary N) is 1. The molecule has 166 valence electrons. The van der Waals surface area contributed by atoms with E-state index in [2.05, 4.69) is 28.6 Å². The molecule has 31 heavy (non-hydrogen) atoms. The van der Waals surface area contributed by atoms with Crippen LogP contribution >= 0.6 is 0 Å². The summed E-state index contributed by atoms with van der Waals surface area (Å²) in [5.41, 5.74) is 10.6. The summed E-state index contributed by atoms with van der Waals surface area (Å²) in [5.74, 6) is -0.248. The van der Waals surface area contributed by atoms with Crippen molar-refractivity contribution < 1.29 is 14.3 Å². The lowest BCUT2D eigenvalue weighted by Crippen LogP contribution is -2.39. The Hall–Kier alpha value is -2.64. The van der Waals surface area contributed by atoms with Crippen LogP contribution < -0.4 is 11.1 Å². The zero-order valence-corrected chi connectivity index (χ0v) is 18.7. The van der Waals surface area contributed by atoms with Gasteiger partial charge in [-0.1, -0.05) is 13.8 Å². The third-order valence-electron chi connectivity index (χ3n) is 6.25. The largest absolute Gasteiger partial charge is 0.383 e. The number of carbonyl (C=O) groups is 2. The molecule has 1 aromatic heterocycles. The molecule has 1 fully saturated rings. The highest BCUT2D eigenvalue weighted by Crippen LogP contribution is 2.38. The van der Waals surface area contributed by atoms with Crippen molar-refractivity contribution in [3.63, 3.8) is 0 Å². The fraction of sp³-hybridized carbons (Fsp3) is 0.500. The summed E-state index contributed by atoms with van der Waals surface area (Å²) in [4.78, 5) is 27.1. The average Bonchev–Trinajstić information content (AvgIpc) is 3.03. The fourth-order valence-electron chi connectivity index (χ4n) is 4.72. The van der Waals surface area contributed by atoms with Gasteiger partial charge in [-0.25, -0.2) is 0 Å². The number of morpholine rings is 1. The third kappa shape index (κ3) is 4.52. The van der Waals surface area contributed by atoms with Gasteiger partial charge < -0.3 is 20.4 Å². The monoisotopic (exact) mass is 424 g/mol. The fourth-order valence-corrected chi connectivity index (χ4v) is 4.72. The number of hydrogen-bond donors (Lipinski definition) is 2. The molecule has 0 bridgehead atoms. The molecule has 3 N–H and O–H groups in total. The molecule has 0 unspecified atom stereocenters. The van der Waals surface area contributed by atoms with Gasteiger partial charge in [0.25, 0.3) is 5.91 Å². The predicted octanol–water partition coefficient (Wildman–Crippen LogP) is 2.78. The summed E-state index contributed by atoms with van der Waals surface area (Å²) in [6.07, 6.45) is 3.43. The zero-order valence-electron chi connectivity index (χ0n) is 18.7. The zero-order chi connectivity index (χ0) is 22.2. The number of fused-ring (bicyclic) bond motifs is 1. The van der Waals surface area contributed by atoms with Gasteiger partial charge in [0.15, 0.2) is 5.78 Å². The second-order valence-corrected chi connectivity index (χ2v) is 9.42. The van der Waals surface area contributed by atoms with Crippen LogP contribution in [0.25, 0.3) is 5.69 Å². The van der Waals surface area contributed by atoms with Gasteiger partial charge in [0.2, 0.25) is 0 Å². The molecule has 7 nitrogen and oxygen atoms in total. The molecule has 1 saturated heterocycles. The molecule has 0 radical (unpaired) electrons. The number of primary amides is 1. The number of hydrogen-bond acceptors (Lipinski definition) is 5. The first-order chi connectivity index (χ1) is 14.7. The van der Waals surface area contributed by atoms with E-state index in [1.165, 1.54) is 0 Å². The van der Waals surface area contributed by atoms with E-state index in [9.17, 15) is 9.59 Å². The summed E-state index contributed by atoms with van der Waals surface area (Å²) < 4.78 is 7.50. The van der Waals surface area contributed by atoms with Crippen molar-refractivity contribution >= 4 is 17.4 Å². The van der Waals surface area contributed by atoms with Crippen molar-refractivity contribution in [1.82, 2.24) is 9.47 Å². The minimum absolute atomic E-state index is 0.0704. The maximum atomic E-state index is 12.8.